The van der Waals surface area contributed by atoms with Crippen molar-refractivity contribution in [2.24, 2.45) is 16.3 Å². The fraction of sp³-hybridized carbons (Fsp3) is 0.533. The zero-order valence-corrected chi connectivity index (χ0v) is 12.5. The van der Waals surface area contributed by atoms with Gasteiger partial charge in [0.15, 0.2) is 11.7 Å². The molecule has 2 aliphatic carbocycles. The van der Waals surface area contributed by atoms with Crippen LogP contribution in [0, 0.1) is 28.2 Å². The van der Waals surface area contributed by atoms with Crippen LogP contribution in [0.1, 0.15) is 32.6 Å². The Hall–Kier alpha value is -2.49. The number of hydrogen-bond donors (Lipinski definition) is 4. The molecule has 1 aromatic rings. The predicted octanol–water partition coefficient (Wildman–Crippen LogP) is 1.62. The van der Waals surface area contributed by atoms with Crippen LogP contribution in [0.2, 0.25) is 0 Å². The van der Waals surface area contributed by atoms with E-state index >= 15 is 0 Å². The highest BCUT2D eigenvalue weighted by Crippen LogP contribution is 2.55. The fourth-order valence-electron chi connectivity index (χ4n) is 3.71. The number of nitrogens with zero attached hydrogens (tertiary/aromatic N) is 3. The quantitative estimate of drug-likeness (QED) is 0.219. The molecule has 22 heavy (non-hydrogen) atoms. The normalized spacial score (nSPS) is 30.1. The van der Waals surface area contributed by atoms with Crippen molar-refractivity contribution < 1.29 is 5.21 Å². The van der Waals surface area contributed by atoms with E-state index in [1.54, 1.807) is 6.07 Å². The number of nitriles is 1. The number of hydrogen-bond acceptors (Lipinski definition) is 4. The molecule has 0 aromatic carbocycles. The lowest BCUT2D eigenvalue weighted by Gasteiger charge is -2.28. The summed E-state index contributed by atoms with van der Waals surface area (Å²) in [6.07, 6.45) is 8.03. The second kappa shape index (κ2) is 5.37. The van der Waals surface area contributed by atoms with Crippen LogP contribution in [0.3, 0.4) is 0 Å². The Morgan fingerprint density at radius 3 is 3.00 bits per heavy atom. The van der Waals surface area contributed by atoms with Gasteiger partial charge in [0.1, 0.15) is 0 Å². The van der Waals surface area contributed by atoms with Crippen molar-refractivity contribution in [2.75, 3.05) is 5.32 Å². The molecule has 1 aromatic heterocycles. The van der Waals surface area contributed by atoms with Gasteiger partial charge in [-0.3, -0.25) is 10.7 Å². The second-order valence-electron chi connectivity index (χ2n) is 6.50. The van der Waals surface area contributed by atoms with Crippen LogP contribution >= 0.6 is 0 Å². The van der Waals surface area contributed by atoms with Gasteiger partial charge in [0, 0.05) is 0 Å². The minimum Gasteiger partial charge on any atom is -0.427 e. The third-order valence-corrected chi connectivity index (χ3v) is 4.89. The summed E-state index contributed by atoms with van der Waals surface area (Å²) < 4.78 is 0.713. The Bertz CT molecular complexity index is 703. The van der Waals surface area contributed by atoms with Gasteiger partial charge in [0.2, 0.25) is 5.96 Å². The lowest BCUT2D eigenvalue weighted by Crippen LogP contribution is -2.33. The topological polar surface area (TPSA) is 109 Å². The number of fused-ring (bicyclic) bond motifs is 2. The van der Waals surface area contributed by atoms with Crippen LogP contribution in [0.5, 0.6) is 0 Å². The maximum absolute atomic E-state index is 9.52. The summed E-state index contributed by atoms with van der Waals surface area (Å²) in [4.78, 5) is 4.70. The average Bonchev–Trinajstić information content (AvgIpc) is 2.98. The Labute approximate surface area is 128 Å². The molecule has 3 atom stereocenters. The molecule has 2 aliphatic rings. The molecule has 1 heterocycles. The van der Waals surface area contributed by atoms with Crippen molar-refractivity contribution in [2.45, 2.75) is 38.6 Å². The van der Waals surface area contributed by atoms with E-state index < -0.39 is 0 Å². The lowest BCUT2D eigenvalue weighted by atomic mass is 9.82. The average molecular weight is 300 g/mol. The molecule has 0 amide bonds. The van der Waals surface area contributed by atoms with Gasteiger partial charge in [-0.1, -0.05) is 6.92 Å². The molecule has 0 unspecified atom stereocenters. The summed E-state index contributed by atoms with van der Waals surface area (Å²) in [7, 11) is 0. The van der Waals surface area contributed by atoms with Crippen molar-refractivity contribution in [3.8, 4) is 6.19 Å². The highest BCUT2D eigenvalue weighted by atomic mass is 16.5. The van der Waals surface area contributed by atoms with E-state index in [4.69, 9.17) is 15.7 Å². The number of aromatic nitrogens is 1. The summed E-state index contributed by atoms with van der Waals surface area (Å²) >= 11 is 0. The number of pyridine rings is 1. The third-order valence-electron chi connectivity index (χ3n) is 4.89. The summed E-state index contributed by atoms with van der Waals surface area (Å²) in [6, 6.07) is 3.34. The Morgan fingerprint density at radius 1 is 1.59 bits per heavy atom. The molecule has 116 valence electrons. The van der Waals surface area contributed by atoms with E-state index in [0.717, 1.165) is 12.3 Å². The second-order valence-corrected chi connectivity index (χ2v) is 6.50. The first-order chi connectivity index (χ1) is 10.5. The number of anilines is 1. The SMILES string of the molecule is C[C@]12CC[C@H](C[C@@H]1N=C(NC#N)Nc1ccc(=N)n(O)c1)C2. The van der Waals surface area contributed by atoms with Crippen LogP contribution in [0.25, 0.3) is 0 Å². The molecule has 2 bridgehead atoms. The standard InChI is InChI=1S/C15H20N6O/c1-15-5-4-10(7-15)6-12(15)20-14(18-9-16)19-11-2-3-13(17)21(22)8-11/h2-3,8,10,12,17,22H,4-7H2,1H3,(H2,18,19,20)/t10-,12+,15-/m1/s1. The van der Waals surface area contributed by atoms with Crippen molar-refractivity contribution in [3.05, 3.63) is 23.8 Å². The van der Waals surface area contributed by atoms with Crippen LogP contribution in [-0.2, 0) is 0 Å². The van der Waals surface area contributed by atoms with Crippen molar-refractivity contribution in [1.82, 2.24) is 10.0 Å². The minimum absolute atomic E-state index is 0.0158. The summed E-state index contributed by atoms with van der Waals surface area (Å²) in [6.45, 7) is 2.27. The van der Waals surface area contributed by atoms with E-state index in [-0.39, 0.29) is 16.9 Å². The summed E-state index contributed by atoms with van der Waals surface area (Å²) in [5.74, 6) is 1.14. The van der Waals surface area contributed by atoms with E-state index in [0.29, 0.717) is 16.4 Å². The molecule has 2 saturated carbocycles. The molecule has 0 spiro atoms. The Kier molecular flexibility index (Phi) is 3.53. The zero-order chi connectivity index (χ0) is 15.7. The minimum atomic E-state index is -0.0158. The first-order valence-corrected chi connectivity index (χ1v) is 7.47. The molecule has 0 radical (unpaired) electrons. The van der Waals surface area contributed by atoms with Gasteiger partial charge < -0.3 is 10.5 Å². The molecule has 0 aliphatic heterocycles. The largest absolute Gasteiger partial charge is 0.427 e. The molecule has 4 N–H and O–H groups in total. The molecular weight excluding hydrogens is 280 g/mol. The van der Waals surface area contributed by atoms with E-state index in [2.05, 4.69) is 17.6 Å². The first kappa shape index (κ1) is 14.4. The van der Waals surface area contributed by atoms with Crippen molar-refractivity contribution in [1.29, 1.82) is 10.7 Å². The van der Waals surface area contributed by atoms with E-state index in [9.17, 15) is 5.21 Å². The van der Waals surface area contributed by atoms with Crippen LogP contribution < -0.4 is 16.1 Å². The lowest BCUT2D eigenvalue weighted by molar-refractivity contribution is 0.171. The number of guanidine groups is 1. The highest BCUT2D eigenvalue weighted by Gasteiger charge is 2.48. The van der Waals surface area contributed by atoms with Crippen LogP contribution in [0.15, 0.2) is 23.3 Å². The number of nitrogens with one attached hydrogen (secondary N) is 3. The maximum atomic E-state index is 9.52. The van der Waals surface area contributed by atoms with Crippen molar-refractivity contribution in [3.63, 3.8) is 0 Å². The van der Waals surface area contributed by atoms with E-state index in [1.807, 2.05) is 6.19 Å². The monoisotopic (exact) mass is 300 g/mol. The predicted molar refractivity (Wildman–Crippen MR) is 81.1 cm³/mol. The van der Waals surface area contributed by atoms with Crippen LogP contribution in [-0.4, -0.2) is 21.9 Å². The smallest absolute Gasteiger partial charge is 0.209 e. The summed E-state index contributed by atoms with van der Waals surface area (Å²) in [5, 5.41) is 31.4. The van der Waals surface area contributed by atoms with Gasteiger partial charge >= 0.3 is 0 Å². The van der Waals surface area contributed by atoms with Crippen LogP contribution in [0.4, 0.5) is 5.69 Å². The maximum Gasteiger partial charge on any atom is 0.209 e. The Balaban J connectivity index is 1.81. The van der Waals surface area contributed by atoms with Gasteiger partial charge in [0.25, 0.3) is 0 Å². The number of aliphatic imine (C=N–C) groups is 1. The fourth-order valence-corrected chi connectivity index (χ4v) is 3.71. The summed E-state index contributed by atoms with van der Waals surface area (Å²) in [5.41, 5.74) is 0.780. The van der Waals surface area contributed by atoms with Gasteiger partial charge in [-0.25, -0.2) is 4.99 Å². The zero-order valence-electron chi connectivity index (χ0n) is 12.5. The van der Waals surface area contributed by atoms with Gasteiger partial charge in [-0.15, -0.1) is 0 Å². The molecule has 2 fully saturated rings. The van der Waals surface area contributed by atoms with Gasteiger partial charge in [-0.2, -0.15) is 9.99 Å². The Morgan fingerprint density at radius 2 is 2.41 bits per heavy atom. The molecule has 0 saturated heterocycles. The third kappa shape index (κ3) is 2.64. The van der Waals surface area contributed by atoms with Gasteiger partial charge in [-0.05, 0) is 49.1 Å². The number of rotatable bonds is 2. The molecule has 3 rings (SSSR count). The molecule has 7 heteroatoms. The van der Waals surface area contributed by atoms with Crippen molar-refractivity contribution >= 4 is 11.6 Å². The van der Waals surface area contributed by atoms with Gasteiger partial charge in [0.05, 0.1) is 17.9 Å². The van der Waals surface area contributed by atoms with E-state index in [1.165, 1.54) is 31.5 Å². The molecule has 7 nitrogen and oxygen atoms in total. The molecular formula is C15H20N6O. The highest BCUT2D eigenvalue weighted by molar-refractivity contribution is 5.94. The first-order valence-electron chi connectivity index (χ1n) is 7.47.